The van der Waals surface area contributed by atoms with Crippen LogP contribution in [-0.2, 0) is 0 Å². The molecule has 1 aromatic heterocycles. The minimum Gasteiger partial charge on any atom is -0.378 e. The van der Waals surface area contributed by atoms with Gasteiger partial charge in [0, 0.05) is 36.4 Å². The van der Waals surface area contributed by atoms with Gasteiger partial charge in [0.25, 0.3) is 5.91 Å². The summed E-state index contributed by atoms with van der Waals surface area (Å²) in [7, 11) is 3.96. The SMILES string of the molecule is CN(C)c1ccc(NC(=O)c2ccc3[nH]ncc3c2)cc1. The maximum atomic E-state index is 12.2. The third-order valence-corrected chi connectivity index (χ3v) is 3.34. The molecule has 0 radical (unpaired) electrons. The summed E-state index contributed by atoms with van der Waals surface area (Å²) in [6, 6.07) is 13.2. The van der Waals surface area contributed by atoms with Crippen LogP contribution in [0.5, 0.6) is 0 Å². The molecule has 0 fully saturated rings. The van der Waals surface area contributed by atoms with Crippen molar-refractivity contribution >= 4 is 28.2 Å². The van der Waals surface area contributed by atoms with Gasteiger partial charge in [-0.25, -0.2) is 0 Å². The van der Waals surface area contributed by atoms with Crippen molar-refractivity contribution in [2.24, 2.45) is 0 Å². The number of fused-ring (bicyclic) bond motifs is 1. The first kappa shape index (κ1) is 13.2. The molecule has 106 valence electrons. The van der Waals surface area contributed by atoms with E-state index < -0.39 is 0 Å². The molecule has 0 atom stereocenters. The predicted octanol–water partition coefficient (Wildman–Crippen LogP) is 2.88. The molecule has 1 heterocycles. The van der Waals surface area contributed by atoms with Crippen molar-refractivity contribution in [3.05, 3.63) is 54.2 Å². The van der Waals surface area contributed by atoms with Crippen molar-refractivity contribution in [2.45, 2.75) is 0 Å². The number of H-pyrrole nitrogens is 1. The highest BCUT2D eigenvalue weighted by molar-refractivity contribution is 6.06. The number of carbonyl (C=O) groups excluding carboxylic acids is 1. The average Bonchev–Trinajstić information content (AvgIpc) is 2.95. The first-order valence-corrected chi connectivity index (χ1v) is 6.65. The van der Waals surface area contributed by atoms with Crippen molar-refractivity contribution in [3.63, 3.8) is 0 Å². The van der Waals surface area contributed by atoms with E-state index in [4.69, 9.17) is 0 Å². The third-order valence-electron chi connectivity index (χ3n) is 3.34. The van der Waals surface area contributed by atoms with Crippen LogP contribution in [0, 0.1) is 0 Å². The van der Waals surface area contributed by atoms with Crippen molar-refractivity contribution in [1.82, 2.24) is 10.2 Å². The van der Waals surface area contributed by atoms with Crippen molar-refractivity contribution in [3.8, 4) is 0 Å². The lowest BCUT2D eigenvalue weighted by molar-refractivity contribution is 0.102. The van der Waals surface area contributed by atoms with Gasteiger partial charge in [-0.05, 0) is 42.5 Å². The van der Waals surface area contributed by atoms with Gasteiger partial charge in [0.15, 0.2) is 0 Å². The van der Waals surface area contributed by atoms with Crippen molar-refractivity contribution in [2.75, 3.05) is 24.3 Å². The Morgan fingerprint density at radius 1 is 1.14 bits per heavy atom. The number of anilines is 2. The lowest BCUT2D eigenvalue weighted by Gasteiger charge is -2.13. The monoisotopic (exact) mass is 280 g/mol. The number of aromatic amines is 1. The highest BCUT2D eigenvalue weighted by Crippen LogP contribution is 2.18. The number of benzene rings is 2. The number of nitrogens with one attached hydrogen (secondary N) is 2. The van der Waals surface area contributed by atoms with Crippen LogP contribution < -0.4 is 10.2 Å². The molecule has 0 unspecified atom stereocenters. The maximum Gasteiger partial charge on any atom is 0.255 e. The molecule has 3 aromatic rings. The lowest BCUT2D eigenvalue weighted by atomic mass is 10.1. The van der Waals surface area contributed by atoms with E-state index in [-0.39, 0.29) is 5.91 Å². The molecule has 21 heavy (non-hydrogen) atoms. The molecule has 3 rings (SSSR count). The van der Waals surface area contributed by atoms with Gasteiger partial charge in [0.05, 0.1) is 11.7 Å². The van der Waals surface area contributed by atoms with Gasteiger partial charge in [0.2, 0.25) is 0 Å². The van der Waals surface area contributed by atoms with Crippen LogP contribution in [0.4, 0.5) is 11.4 Å². The van der Waals surface area contributed by atoms with Crippen LogP contribution in [-0.4, -0.2) is 30.2 Å². The number of nitrogens with zero attached hydrogens (tertiary/aromatic N) is 2. The van der Waals surface area contributed by atoms with E-state index in [2.05, 4.69) is 15.5 Å². The zero-order valence-corrected chi connectivity index (χ0v) is 11.9. The summed E-state index contributed by atoms with van der Waals surface area (Å²) in [5.41, 5.74) is 3.40. The maximum absolute atomic E-state index is 12.2. The summed E-state index contributed by atoms with van der Waals surface area (Å²) in [5.74, 6) is -0.129. The zero-order valence-electron chi connectivity index (χ0n) is 11.9. The molecule has 0 saturated carbocycles. The normalized spacial score (nSPS) is 10.6. The van der Waals surface area contributed by atoms with Gasteiger partial charge in [-0.3, -0.25) is 9.89 Å². The molecule has 0 aliphatic carbocycles. The van der Waals surface area contributed by atoms with Crippen molar-refractivity contribution in [1.29, 1.82) is 0 Å². The minimum atomic E-state index is -0.129. The topological polar surface area (TPSA) is 61.0 Å². The van der Waals surface area contributed by atoms with Crippen molar-refractivity contribution < 1.29 is 4.79 Å². The Bertz CT molecular complexity index is 774. The molecular weight excluding hydrogens is 264 g/mol. The quantitative estimate of drug-likeness (QED) is 0.775. The van der Waals surface area contributed by atoms with Crippen LogP contribution in [0.15, 0.2) is 48.7 Å². The Morgan fingerprint density at radius 3 is 2.62 bits per heavy atom. The Hall–Kier alpha value is -2.82. The van der Waals surface area contributed by atoms with E-state index >= 15 is 0 Å². The fourth-order valence-corrected chi connectivity index (χ4v) is 2.13. The molecule has 5 nitrogen and oxygen atoms in total. The molecule has 0 spiro atoms. The second-order valence-electron chi connectivity index (χ2n) is 5.07. The second-order valence-corrected chi connectivity index (χ2v) is 5.07. The Morgan fingerprint density at radius 2 is 1.90 bits per heavy atom. The molecule has 1 amide bonds. The van der Waals surface area contributed by atoms with Gasteiger partial charge >= 0.3 is 0 Å². The van der Waals surface area contributed by atoms with Gasteiger partial charge in [-0.1, -0.05) is 0 Å². The second kappa shape index (κ2) is 5.28. The number of aromatic nitrogens is 2. The van der Waals surface area contributed by atoms with Crippen LogP contribution >= 0.6 is 0 Å². The van der Waals surface area contributed by atoms with Crippen LogP contribution in [0.2, 0.25) is 0 Å². The average molecular weight is 280 g/mol. The minimum absolute atomic E-state index is 0.129. The molecule has 0 saturated heterocycles. The number of rotatable bonds is 3. The smallest absolute Gasteiger partial charge is 0.255 e. The van der Waals surface area contributed by atoms with Gasteiger partial charge in [-0.2, -0.15) is 5.10 Å². The van der Waals surface area contributed by atoms with Crippen LogP contribution in [0.1, 0.15) is 10.4 Å². The third kappa shape index (κ3) is 2.72. The number of carbonyl (C=O) groups is 1. The molecular formula is C16H16N4O. The van der Waals surface area contributed by atoms with Crippen LogP contribution in [0.25, 0.3) is 10.9 Å². The van der Waals surface area contributed by atoms with E-state index in [1.54, 1.807) is 12.3 Å². The van der Waals surface area contributed by atoms with E-state index in [0.29, 0.717) is 5.56 Å². The summed E-state index contributed by atoms with van der Waals surface area (Å²) in [5, 5.41) is 10.6. The summed E-state index contributed by atoms with van der Waals surface area (Å²) in [4.78, 5) is 14.3. The molecule has 2 N–H and O–H groups in total. The fraction of sp³-hybridized carbons (Fsp3) is 0.125. The number of hydrogen-bond acceptors (Lipinski definition) is 3. The molecule has 0 aliphatic heterocycles. The summed E-state index contributed by atoms with van der Waals surface area (Å²) >= 11 is 0. The summed E-state index contributed by atoms with van der Waals surface area (Å²) in [6.45, 7) is 0. The van der Waals surface area contributed by atoms with E-state index in [1.165, 1.54) is 0 Å². The van der Waals surface area contributed by atoms with E-state index in [9.17, 15) is 4.79 Å². The predicted molar refractivity (Wildman–Crippen MR) is 84.8 cm³/mol. The first-order valence-electron chi connectivity index (χ1n) is 6.65. The molecule has 0 aliphatic rings. The first-order chi connectivity index (χ1) is 10.1. The lowest BCUT2D eigenvalue weighted by Crippen LogP contribution is -2.12. The zero-order chi connectivity index (χ0) is 14.8. The van der Waals surface area contributed by atoms with Gasteiger partial charge in [0.1, 0.15) is 0 Å². The highest BCUT2D eigenvalue weighted by atomic mass is 16.1. The van der Waals surface area contributed by atoms with Gasteiger partial charge < -0.3 is 10.2 Å². The molecule has 0 bridgehead atoms. The molecule has 2 aromatic carbocycles. The Labute approximate surface area is 122 Å². The van der Waals surface area contributed by atoms with Gasteiger partial charge in [-0.15, -0.1) is 0 Å². The Balaban J connectivity index is 1.78. The highest BCUT2D eigenvalue weighted by Gasteiger charge is 2.07. The van der Waals surface area contributed by atoms with E-state index in [1.807, 2.05) is 55.4 Å². The largest absolute Gasteiger partial charge is 0.378 e. The molecule has 5 heteroatoms. The number of amides is 1. The number of hydrogen-bond donors (Lipinski definition) is 2. The van der Waals surface area contributed by atoms with Crippen LogP contribution in [0.3, 0.4) is 0 Å². The summed E-state index contributed by atoms with van der Waals surface area (Å²) < 4.78 is 0. The standard InChI is InChI=1S/C16H16N4O/c1-20(2)14-6-4-13(5-7-14)18-16(21)11-3-8-15-12(9-11)10-17-19-15/h3-10H,1-2H3,(H,17,19)(H,18,21). The summed E-state index contributed by atoms with van der Waals surface area (Å²) in [6.07, 6.45) is 1.71. The Kier molecular flexibility index (Phi) is 3.31. The van der Waals surface area contributed by atoms with E-state index in [0.717, 1.165) is 22.3 Å². The fourth-order valence-electron chi connectivity index (χ4n) is 2.13.